The Bertz CT molecular complexity index is 1380. The molecule has 0 atom stereocenters. The van der Waals surface area contributed by atoms with Crippen LogP contribution >= 0.6 is 46.4 Å². The van der Waals surface area contributed by atoms with Crippen LogP contribution in [0.1, 0.15) is 5.56 Å². The van der Waals surface area contributed by atoms with Gasteiger partial charge in [0.05, 0.1) is 10.0 Å². The van der Waals surface area contributed by atoms with Crippen molar-refractivity contribution in [3.8, 4) is 11.8 Å². The topological polar surface area (TPSA) is 96.3 Å². The maximum Gasteiger partial charge on any atom is 0.339 e. The number of amides is 1. The minimum Gasteiger partial charge on any atom is -0.376 e. The Balaban J connectivity index is 1.86. The van der Waals surface area contributed by atoms with E-state index in [2.05, 4.69) is 5.32 Å². The van der Waals surface area contributed by atoms with Gasteiger partial charge in [0.15, 0.2) is 5.75 Å². The number of halogens is 4. The van der Waals surface area contributed by atoms with Crippen LogP contribution in [0.2, 0.25) is 20.1 Å². The highest BCUT2D eigenvalue weighted by molar-refractivity contribution is 7.87. The normalized spacial score (nSPS) is 11.5. The van der Waals surface area contributed by atoms with Gasteiger partial charge in [0, 0.05) is 15.7 Å². The number of nitrogens with one attached hydrogen (secondary N) is 1. The van der Waals surface area contributed by atoms with Gasteiger partial charge in [-0.25, -0.2) is 0 Å². The molecule has 0 aliphatic rings. The van der Waals surface area contributed by atoms with Crippen molar-refractivity contribution in [1.82, 2.24) is 0 Å². The zero-order chi connectivity index (χ0) is 24.2. The summed E-state index contributed by atoms with van der Waals surface area (Å²) in [6.45, 7) is 0. The Morgan fingerprint density at radius 3 is 2.15 bits per heavy atom. The van der Waals surface area contributed by atoms with E-state index >= 15 is 0 Å². The van der Waals surface area contributed by atoms with Gasteiger partial charge >= 0.3 is 10.1 Å². The molecule has 1 amide bonds. The van der Waals surface area contributed by atoms with Crippen LogP contribution in [-0.4, -0.2) is 14.3 Å². The molecule has 0 bridgehead atoms. The van der Waals surface area contributed by atoms with Crippen LogP contribution in [0.15, 0.2) is 71.1 Å². The summed E-state index contributed by atoms with van der Waals surface area (Å²) in [4.78, 5) is 12.3. The molecule has 11 heteroatoms. The number of rotatable bonds is 6. The molecule has 0 saturated carbocycles. The maximum atomic E-state index is 12.5. The summed E-state index contributed by atoms with van der Waals surface area (Å²) in [6.07, 6.45) is 1.25. The molecule has 3 aromatic rings. The van der Waals surface area contributed by atoms with Crippen molar-refractivity contribution in [2.75, 3.05) is 5.32 Å². The predicted molar refractivity (Wildman–Crippen MR) is 129 cm³/mol. The van der Waals surface area contributed by atoms with E-state index in [1.54, 1.807) is 24.3 Å². The molecular formula is C22H12Cl4N2O4S. The molecule has 0 aromatic heterocycles. The Kier molecular flexibility index (Phi) is 7.90. The molecule has 0 fully saturated rings. The van der Waals surface area contributed by atoms with Crippen LogP contribution in [-0.2, 0) is 14.9 Å². The van der Waals surface area contributed by atoms with Crippen molar-refractivity contribution < 1.29 is 17.4 Å². The summed E-state index contributed by atoms with van der Waals surface area (Å²) in [5.41, 5.74) is 0.435. The Morgan fingerprint density at radius 2 is 1.58 bits per heavy atom. The van der Waals surface area contributed by atoms with Crippen LogP contribution in [0.3, 0.4) is 0 Å². The third-order valence-corrected chi connectivity index (χ3v) is 6.36. The molecule has 33 heavy (non-hydrogen) atoms. The molecule has 6 nitrogen and oxygen atoms in total. The van der Waals surface area contributed by atoms with Crippen LogP contribution < -0.4 is 9.50 Å². The Hall–Kier alpha value is -2.73. The molecule has 168 valence electrons. The van der Waals surface area contributed by atoms with E-state index in [9.17, 15) is 18.5 Å². The summed E-state index contributed by atoms with van der Waals surface area (Å²) >= 11 is 24.0. The molecule has 0 radical (unpaired) electrons. The second-order valence-corrected chi connectivity index (χ2v) is 9.67. The number of nitrogens with zero attached hydrogens (tertiary/aromatic N) is 1. The number of anilines is 1. The maximum absolute atomic E-state index is 12.5. The first kappa shape index (κ1) is 24.9. The second kappa shape index (κ2) is 10.5. The lowest BCUT2D eigenvalue weighted by Crippen LogP contribution is -2.13. The van der Waals surface area contributed by atoms with Gasteiger partial charge in [-0.1, -0.05) is 52.5 Å². The van der Waals surface area contributed by atoms with Crippen molar-refractivity contribution >= 4 is 74.2 Å². The summed E-state index contributed by atoms with van der Waals surface area (Å²) in [7, 11) is -4.24. The average Bonchev–Trinajstić information content (AvgIpc) is 2.75. The lowest BCUT2D eigenvalue weighted by Gasteiger charge is -2.11. The van der Waals surface area contributed by atoms with Crippen LogP contribution in [0, 0.1) is 11.3 Å². The fraction of sp³-hybridized carbons (Fsp3) is 0. The summed E-state index contributed by atoms with van der Waals surface area (Å²) in [5, 5.41) is 12.4. The summed E-state index contributed by atoms with van der Waals surface area (Å²) < 4.78 is 30.1. The summed E-state index contributed by atoms with van der Waals surface area (Å²) in [6, 6.07) is 16.2. The van der Waals surface area contributed by atoms with Crippen LogP contribution in [0.5, 0.6) is 5.75 Å². The summed E-state index contributed by atoms with van der Waals surface area (Å²) in [5.74, 6) is -0.982. The predicted octanol–water partition coefficient (Wildman–Crippen LogP) is 6.61. The van der Waals surface area contributed by atoms with Gasteiger partial charge in [0.25, 0.3) is 5.91 Å². The van der Waals surface area contributed by atoms with Crippen molar-refractivity contribution in [3.63, 3.8) is 0 Å². The van der Waals surface area contributed by atoms with Gasteiger partial charge in [-0.05, 0) is 66.2 Å². The van der Waals surface area contributed by atoms with E-state index in [0.29, 0.717) is 15.7 Å². The standard InChI is InChI=1S/C22H12Cl4N2O4S/c23-15-4-6-18(7-5-15)33(30,31)32-21-19(25)9-13(10-20(21)26)8-14(12-27)22(29)28-17-3-1-2-16(24)11-17/h1-11H,(H,28,29)/b14-8+. The van der Waals surface area contributed by atoms with E-state index in [-0.39, 0.29) is 31.8 Å². The molecule has 0 unspecified atom stereocenters. The van der Waals surface area contributed by atoms with Crippen molar-refractivity contribution in [2.45, 2.75) is 4.90 Å². The number of benzene rings is 3. The van der Waals surface area contributed by atoms with E-state index in [0.717, 1.165) is 0 Å². The molecule has 1 N–H and O–H groups in total. The number of hydrogen-bond acceptors (Lipinski definition) is 5. The van der Waals surface area contributed by atoms with E-state index in [1.165, 1.54) is 48.5 Å². The smallest absolute Gasteiger partial charge is 0.339 e. The quantitative estimate of drug-likeness (QED) is 0.215. The van der Waals surface area contributed by atoms with Gasteiger partial charge in [-0.2, -0.15) is 13.7 Å². The minimum atomic E-state index is -4.24. The zero-order valence-electron chi connectivity index (χ0n) is 16.4. The third-order valence-electron chi connectivity index (χ3n) is 4.07. The number of hydrogen-bond donors (Lipinski definition) is 1. The number of carbonyl (C=O) groups is 1. The van der Waals surface area contributed by atoms with Gasteiger partial charge in [-0.15, -0.1) is 0 Å². The fourth-order valence-corrected chi connectivity index (χ4v) is 4.53. The number of carbonyl (C=O) groups excluding carboxylic acids is 1. The first-order chi connectivity index (χ1) is 15.6. The SMILES string of the molecule is N#C/C(=C\c1cc(Cl)c(OS(=O)(=O)c2ccc(Cl)cc2)c(Cl)c1)C(=O)Nc1cccc(Cl)c1. The van der Waals surface area contributed by atoms with Gasteiger partial charge in [-0.3, -0.25) is 4.79 Å². The van der Waals surface area contributed by atoms with Gasteiger partial charge in [0.2, 0.25) is 0 Å². The Morgan fingerprint density at radius 1 is 0.939 bits per heavy atom. The van der Waals surface area contributed by atoms with Crippen LogP contribution in [0.25, 0.3) is 6.08 Å². The first-order valence-electron chi connectivity index (χ1n) is 8.97. The Labute approximate surface area is 210 Å². The molecule has 0 aliphatic heterocycles. The molecule has 0 saturated heterocycles. The van der Waals surface area contributed by atoms with E-state index < -0.39 is 16.0 Å². The van der Waals surface area contributed by atoms with E-state index in [1.807, 2.05) is 0 Å². The highest BCUT2D eigenvalue weighted by Crippen LogP contribution is 2.37. The molecule has 0 aliphatic carbocycles. The van der Waals surface area contributed by atoms with Crippen molar-refractivity contribution in [1.29, 1.82) is 5.26 Å². The lowest BCUT2D eigenvalue weighted by atomic mass is 10.1. The van der Waals surface area contributed by atoms with Crippen molar-refractivity contribution in [3.05, 3.63) is 91.9 Å². The fourth-order valence-electron chi connectivity index (χ4n) is 2.58. The van der Waals surface area contributed by atoms with Gasteiger partial charge < -0.3 is 9.50 Å². The van der Waals surface area contributed by atoms with Gasteiger partial charge in [0.1, 0.15) is 16.5 Å². The molecule has 0 spiro atoms. The largest absolute Gasteiger partial charge is 0.376 e. The average molecular weight is 542 g/mol. The van der Waals surface area contributed by atoms with Crippen LogP contribution in [0.4, 0.5) is 5.69 Å². The van der Waals surface area contributed by atoms with Crippen molar-refractivity contribution in [2.24, 2.45) is 0 Å². The first-order valence-corrected chi connectivity index (χ1v) is 11.9. The minimum absolute atomic E-state index is 0.140. The molecule has 3 rings (SSSR count). The third kappa shape index (κ3) is 6.41. The molecule has 3 aromatic carbocycles. The highest BCUT2D eigenvalue weighted by atomic mass is 35.5. The zero-order valence-corrected chi connectivity index (χ0v) is 20.2. The second-order valence-electron chi connectivity index (χ2n) is 6.44. The van der Waals surface area contributed by atoms with E-state index in [4.69, 9.17) is 50.6 Å². The molecule has 0 heterocycles. The number of nitriles is 1. The molecular weight excluding hydrogens is 530 g/mol. The highest BCUT2D eigenvalue weighted by Gasteiger charge is 2.21. The monoisotopic (exact) mass is 540 g/mol. The lowest BCUT2D eigenvalue weighted by molar-refractivity contribution is -0.112.